The van der Waals surface area contributed by atoms with E-state index in [2.05, 4.69) is 5.32 Å². The molecule has 2 atom stereocenters. The molecule has 0 fully saturated rings. The van der Waals surface area contributed by atoms with Gasteiger partial charge in [-0.05, 0) is 26.0 Å². The molecule has 2 aromatic carbocycles. The number of fused-ring (bicyclic) bond motifs is 1. The second-order valence-electron chi connectivity index (χ2n) is 6.07. The predicted octanol–water partition coefficient (Wildman–Crippen LogP) is 2.66. The van der Waals surface area contributed by atoms with Gasteiger partial charge in [0.25, 0.3) is 0 Å². The SMILES string of the molecule is CC(NCc1ccc(OC(C)c2ccccc2F)c2c1OCO2)C(N)=O. The first kappa shape index (κ1) is 18.0. The van der Waals surface area contributed by atoms with Crippen LogP contribution in [0.2, 0.25) is 0 Å². The van der Waals surface area contributed by atoms with Crippen LogP contribution < -0.4 is 25.3 Å². The molecule has 26 heavy (non-hydrogen) atoms. The lowest BCUT2D eigenvalue weighted by molar-refractivity contribution is -0.119. The number of carbonyl (C=O) groups is 1. The van der Waals surface area contributed by atoms with E-state index in [1.165, 1.54) is 6.07 Å². The highest BCUT2D eigenvalue weighted by Crippen LogP contribution is 2.45. The number of ether oxygens (including phenoxy) is 3. The highest BCUT2D eigenvalue weighted by atomic mass is 19.1. The van der Waals surface area contributed by atoms with Gasteiger partial charge >= 0.3 is 0 Å². The molecule has 138 valence electrons. The number of carbonyl (C=O) groups excluding carboxylic acids is 1. The van der Waals surface area contributed by atoms with Crippen molar-refractivity contribution in [2.75, 3.05) is 6.79 Å². The Morgan fingerprint density at radius 3 is 2.69 bits per heavy atom. The third-order valence-corrected chi connectivity index (χ3v) is 4.24. The van der Waals surface area contributed by atoms with Gasteiger partial charge in [0.2, 0.25) is 18.4 Å². The fourth-order valence-corrected chi connectivity index (χ4v) is 2.68. The largest absolute Gasteiger partial charge is 0.482 e. The first-order valence-corrected chi connectivity index (χ1v) is 8.32. The van der Waals surface area contributed by atoms with Crippen LogP contribution in [0.4, 0.5) is 4.39 Å². The first-order valence-electron chi connectivity index (χ1n) is 8.32. The van der Waals surface area contributed by atoms with Gasteiger partial charge < -0.3 is 25.3 Å². The Bertz CT molecular complexity index is 812. The number of amides is 1. The van der Waals surface area contributed by atoms with E-state index >= 15 is 0 Å². The summed E-state index contributed by atoms with van der Waals surface area (Å²) in [5, 5.41) is 3.02. The maximum absolute atomic E-state index is 13.9. The van der Waals surface area contributed by atoms with E-state index in [0.717, 1.165) is 5.56 Å². The van der Waals surface area contributed by atoms with Gasteiger partial charge in [0.05, 0.1) is 6.04 Å². The van der Waals surface area contributed by atoms with E-state index in [-0.39, 0.29) is 12.6 Å². The van der Waals surface area contributed by atoms with E-state index in [1.54, 1.807) is 38.1 Å². The second kappa shape index (κ2) is 7.61. The Kier molecular flexibility index (Phi) is 5.27. The van der Waals surface area contributed by atoms with Gasteiger partial charge in [-0.1, -0.05) is 24.3 Å². The van der Waals surface area contributed by atoms with E-state index in [1.807, 2.05) is 6.07 Å². The molecular formula is C19H21FN2O4. The molecule has 7 heteroatoms. The van der Waals surface area contributed by atoms with Crippen LogP contribution in [0.3, 0.4) is 0 Å². The zero-order valence-electron chi connectivity index (χ0n) is 14.6. The molecule has 1 aliphatic rings. The third kappa shape index (κ3) is 3.72. The average Bonchev–Trinajstić information content (AvgIpc) is 3.11. The molecule has 6 nitrogen and oxygen atoms in total. The Labute approximate surface area is 151 Å². The van der Waals surface area contributed by atoms with Crippen molar-refractivity contribution in [3.05, 3.63) is 53.3 Å². The lowest BCUT2D eigenvalue weighted by Gasteiger charge is -2.18. The predicted molar refractivity (Wildman–Crippen MR) is 93.5 cm³/mol. The van der Waals surface area contributed by atoms with Crippen LogP contribution in [0.5, 0.6) is 17.2 Å². The molecule has 3 rings (SSSR count). The number of nitrogens with two attached hydrogens (primary N) is 1. The normalized spacial score (nSPS) is 14.7. The summed E-state index contributed by atoms with van der Waals surface area (Å²) in [7, 11) is 0. The quantitative estimate of drug-likeness (QED) is 0.793. The van der Waals surface area contributed by atoms with E-state index in [0.29, 0.717) is 29.4 Å². The summed E-state index contributed by atoms with van der Waals surface area (Å²) in [5.74, 6) is 0.735. The zero-order chi connectivity index (χ0) is 18.7. The van der Waals surface area contributed by atoms with Crippen molar-refractivity contribution in [3.8, 4) is 17.2 Å². The van der Waals surface area contributed by atoms with Gasteiger partial charge in [0.1, 0.15) is 11.9 Å². The molecule has 1 heterocycles. The maximum Gasteiger partial charge on any atom is 0.234 e. The summed E-state index contributed by atoms with van der Waals surface area (Å²) in [5.41, 5.74) is 6.53. The second-order valence-corrected chi connectivity index (χ2v) is 6.07. The molecule has 0 radical (unpaired) electrons. The molecule has 2 aromatic rings. The van der Waals surface area contributed by atoms with Gasteiger partial charge in [0, 0.05) is 17.7 Å². The topological polar surface area (TPSA) is 82.8 Å². The standard InChI is InChI=1S/C19H21FN2O4/c1-11(19(21)23)22-9-13-7-8-16(18-17(13)24-10-25-18)26-12(2)14-5-3-4-6-15(14)20/h3-8,11-12,22H,9-10H2,1-2H3,(H2,21,23). The zero-order valence-corrected chi connectivity index (χ0v) is 14.6. The maximum atomic E-state index is 13.9. The van der Waals surface area contributed by atoms with Crippen LogP contribution in [0.25, 0.3) is 0 Å². The number of benzene rings is 2. The molecular weight excluding hydrogens is 339 g/mol. The van der Waals surface area contributed by atoms with Gasteiger partial charge in [-0.2, -0.15) is 0 Å². The van der Waals surface area contributed by atoms with E-state index in [9.17, 15) is 9.18 Å². The monoisotopic (exact) mass is 360 g/mol. The fourth-order valence-electron chi connectivity index (χ4n) is 2.68. The van der Waals surface area contributed by atoms with Crippen LogP contribution in [0.1, 0.15) is 31.1 Å². The minimum atomic E-state index is -0.497. The highest BCUT2D eigenvalue weighted by molar-refractivity contribution is 5.79. The Morgan fingerprint density at radius 1 is 1.23 bits per heavy atom. The van der Waals surface area contributed by atoms with Gasteiger partial charge in [0.15, 0.2) is 11.5 Å². The van der Waals surface area contributed by atoms with Gasteiger partial charge in [-0.3, -0.25) is 4.79 Å². The van der Waals surface area contributed by atoms with Crippen molar-refractivity contribution < 1.29 is 23.4 Å². The summed E-state index contributed by atoms with van der Waals surface area (Å²) in [4.78, 5) is 11.1. The summed E-state index contributed by atoms with van der Waals surface area (Å²) >= 11 is 0. The number of hydrogen-bond donors (Lipinski definition) is 2. The van der Waals surface area contributed by atoms with Crippen molar-refractivity contribution >= 4 is 5.91 Å². The first-order chi connectivity index (χ1) is 12.5. The van der Waals surface area contributed by atoms with Crippen molar-refractivity contribution in [2.45, 2.75) is 32.5 Å². The van der Waals surface area contributed by atoms with Crippen molar-refractivity contribution in [1.29, 1.82) is 0 Å². The number of nitrogens with one attached hydrogen (secondary N) is 1. The van der Waals surface area contributed by atoms with Gasteiger partial charge in [-0.15, -0.1) is 0 Å². The van der Waals surface area contributed by atoms with E-state index < -0.39 is 18.1 Å². The molecule has 2 unspecified atom stereocenters. The van der Waals surface area contributed by atoms with Crippen molar-refractivity contribution in [2.24, 2.45) is 5.73 Å². The molecule has 0 bridgehead atoms. The molecule has 3 N–H and O–H groups in total. The summed E-state index contributed by atoms with van der Waals surface area (Å²) < 4.78 is 30.9. The van der Waals surface area contributed by atoms with Crippen molar-refractivity contribution in [3.63, 3.8) is 0 Å². The number of rotatable bonds is 7. The molecule has 0 aliphatic carbocycles. The lowest BCUT2D eigenvalue weighted by atomic mass is 10.1. The molecule has 0 saturated carbocycles. The Hall–Kier alpha value is -2.80. The Balaban J connectivity index is 1.79. The molecule has 0 spiro atoms. The van der Waals surface area contributed by atoms with Crippen LogP contribution in [-0.2, 0) is 11.3 Å². The molecule has 1 amide bonds. The molecule has 1 aliphatic heterocycles. The summed E-state index contributed by atoms with van der Waals surface area (Å²) in [6.45, 7) is 3.92. The lowest BCUT2D eigenvalue weighted by Crippen LogP contribution is -2.38. The number of halogens is 1. The van der Waals surface area contributed by atoms with E-state index in [4.69, 9.17) is 19.9 Å². The molecule has 0 aromatic heterocycles. The van der Waals surface area contributed by atoms with Gasteiger partial charge in [-0.25, -0.2) is 4.39 Å². The van der Waals surface area contributed by atoms with Crippen LogP contribution >= 0.6 is 0 Å². The van der Waals surface area contributed by atoms with Crippen LogP contribution in [-0.4, -0.2) is 18.7 Å². The van der Waals surface area contributed by atoms with Crippen molar-refractivity contribution in [1.82, 2.24) is 5.32 Å². The fraction of sp³-hybridized carbons (Fsp3) is 0.316. The third-order valence-electron chi connectivity index (χ3n) is 4.24. The number of hydrogen-bond acceptors (Lipinski definition) is 5. The molecule has 0 saturated heterocycles. The highest BCUT2D eigenvalue weighted by Gasteiger charge is 2.25. The van der Waals surface area contributed by atoms with Crippen LogP contribution in [0.15, 0.2) is 36.4 Å². The average molecular weight is 360 g/mol. The number of primary amides is 1. The summed E-state index contributed by atoms with van der Waals surface area (Å²) in [6, 6.07) is 9.57. The Morgan fingerprint density at radius 2 is 1.96 bits per heavy atom. The minimum Gasteiger partial charge on any atom is -0.482 e. The van der Waals surface area contributed by atoms with Crippen LogP contribution in [0, 0.1) is 5.82 Å². The summed E-state index contributed by atoms with van der Waals surface area (Å²) in [6.07, 6.45) is -0.497. The smallest absolute Gasteiger partial charge is 0.234 e. The minimum absolute atomic E-state index is 0.0716.